The second-order valence-corrected chi connectivity index (χ2v) is 6.85. The van der Waals surface area contributed by atoms with Crippen molar-refractivity contribution < 1.29 is 13.7 Å². The lowest BCUT2D eigenvalue weighted by Gasteiger charge is -2.14. The van der Waals surface area contributed by atoms with Crippen molar-refractivity contribution in [3.05, 3.63) is 48.5 Å². The lowest BCUT2D eigenvalue weighted by atomic mass is 10.2. The summed E-state index contributed by atoms with van der Waals surface area (Å²) < 4.78 is 23.3. The first-order chi connectivity index (χ1) is 12.6. The Hall–Kier alpha value is -1.81. The summed E-state index contributed by atoms with van der Waals surface area (Å²) in [6.45, 7) is 5.30. The first-order valence-electron chi connectivity index (χ1n) is 8.54. The summed E-state index contributed by atoms with van der Waals surface area (Å²) in [7, 11) is -1.10. The molecule has 27 heavy (non-hydrogen) atoms. The van der Waals surface area contributed by atoms with Crippen LogP contribution in [-0.2, 0) is 10.8 Å². The van der Waals surface area contributed by atoms with Gasteiger partial charge in [-0.05, 0) is 38.1 Å². The molecule has 2 rings (SSSR count). The SMILES string of the molecule is CCOc1ccc(OCC)c(NC(N)=NCCS(=O)c2ccccc2)c1.I. The van der Waals surface area contributed by atoms with Crippen molar-refractivity contribution in [1.82, 2.24) is 0 Å². The molecule has 0 aliphatic carbocycles. The van der Waals surface area contributed by atoms with Crippen LogP contribution in [0.3, 0.4) is 0 Å². The van der Waals surface area contributed by atoms with Crippen LogP contribution < -0.4 is 20.5 Å². The molecular weight excluding hydrogens is 477 g/mol. The third-order valence-corrected chi connectivity index (χ3v) is 4.74. The Kier molecular flexibility index (Phi) is 10.8. The number of hydrogen-bond acceptors (Lipinski definition) is 4. The van der Waals surface area contributed by atoms with Crippen LogP contribution in [0, 0.1) is 0 Å². The molecule has 0 saturated heterocycles. The van der Waals surface area contributed by atoms with Gasteiger partial charge in [-0.2, -0.15) is 0 Å². The maximum absolute atomic E-state index is 12.2. The topological polar surface area (TPSA) is 85.9 Å². The molecule has 0 fully saturated rings. The van der Waals surface area contributed by atoms with E-state index in [1.54, 1.807) is 0 Å². The predicted molar refractivity (Wildman–Crippen MR) is 122 cm³/mol. The van der Waals surface area contributed by atoms with E-state index in [1.807, 2.05) is 62.4 Å². The normalized spacial score (nSPS) is 12.0. The van der Waals surface area contributed by atoms with Gasteiger partial charge < -0.3 is 20.5 Å². The van der Waals surface area contributed by atoms with Gasteiger partial charge in [-0.15, -0.1) is 24.0 Å². The zero-order valence-corrected chi connectivity index (χ0v) is 18.7. The van der Waals surface area contributed by atoms with Crippen LogP contribution in [0.2, 0.25) is 0 Å². The lowest BCUT2D eigenvalue weighted by Crippen LogP contribution is -2.24. The van der Waals surface area contributed by atoms with Crippen molar-refractivity contribution in [3.63, 3.8) is 0 Å². The van der Waals surface area contributed by atoms with E-state index >= 15 is 0 Å². The number of ether oxygens (including phenoxy) is 2. The van der Waals surface area contributed by atoms with E-state index in [4.69, 9.17) is 15.2 Å². The fourth-order valence-corrected chi connectivity index (χ4v) is 3.21. The van der Waals surface area contributed by atoms with Crippen LogP contribution in [0.4, 0.5) is 5.69 Å². The number of halogens is 1. The number of guanidine groups is 1. The Bertz CT molecular complexity index is 757. The third kappa shape index (κ3) is 7.76. The summed E-state index contributed by atoms with van der Waals surface area (Å²) in [6, 6.07) is 14.8. The Morgan fingerprint density at radius 1 is 1.11 bits per heavy atom. The fraction of sp³-hybridized carbons (Fsp3) is 0.316. The highest BCUT2D eigenvalue weighted by Crippen LogP contribution is 2.29. The molecule has 0 heterocycles. The number of hydrogen-bond donors (Lipinski definition) is 2. The van der Waals surface area contributed by atoms with Crippen LogP contribution in [0.25, 0.3) is 0 Å². The maximum atomic E-state index is 12.2. The minimum absolute atomic E-state index is 0. The number of aliphatic imine (C=N–C) groups is 1. The molecule has 6 nitrogen and oxygen atoms in total. The molecule has 0 aliphatic heterocycles. The molecule has 2 aromatic carbocycles. The van der Waals surface area contributed by atoms with E-state index in [1.165, 1.54) is 0 Å². The van der Waals surface area contributed by atoms with E-state index in [9.17, 15) is 4.21 Å². The smallest absolute Gasteiger partial charge is 0.193 e. The summed E-state index contributed by atoms with van der Waals surface area (Å²) in [5.74, 6) is 2.03. The molecule has 1 atom stereocenters. The van der Waals surface area contributed by atoms with Gasteiger partial charge in [0.2, 0.25) is 0 Å². The van der Waals surface area contributed by atoms with E-state index in [0.29, 0.717) is 36.9 Å². The van der Waals surface area contributed by atoms with Gasteiger partial charge in [-0.25, -0.2) is 0 Å². The van der Waals surface area contributed by atoms with E-state index in [0.717, 1.165) is 10.6 Å². The Morgan fingerprint density at radius 3 is 2.48 bits per heavy atom. The highest BCUT2D eigenvalue weighted by atomic mass is 127. The van der Waals surface area contributed by atoms with E-state index in [-0.39, 0.29) is 29.9 Å². The van der Waals surface area contributed by atoms with Gasteiger partial charge in [0.15, 0.2) is 5.96 Å². The van der Waals surface area contributed by atoms with Gasteiger partial charge in [-0.1, -0.05) is 18.2 Å². The molecule has 0 saturated carbocycles. The summed E-state index contributed by atoms with van der Waals surface area (Å²) in [4.78, 5) is 5.04. The Balaban J connectivity index is 0.00000364. The minimum Gasteiger partial charge on any atom is -0.494 e. The lowest BCUT2D eigenvalue weighted by molar-refractivity contribution is 0.332. The summed E-state index contributed by atoms with van der Waals surface area (Å²) >= 11 is 0. The molecule has 8 heteroatoms. The maximum Gasteiger partial charge on any atom is 0.193 e. The van der Waals surface area contributed by atoms with Crippen LogP contribution in [0.15, 0.2) is 58.4 Å². The first-order valence-corrected chi connectivity index (χ1v) is 9.86. The number of nitrogens with one attached hydrogen (secondary N) is 1. The van der Waals surface area contributed by atoms with Crippen LogP contribution >= 0.6 is 24.0 Å². The molecule has 2 aromatic rings. The largest absolute Gasteiger partial charge is 0.494 e. The Morgan fingerprint density at radius 2 is 1.81 bits per heavy atom. The fourth-order valence-electron chi connectivity index (χ4n) is 2.26. The van der Waals surface area contributed by atoms with Crippen molar-refractivity contribution in [3.8, 4) is 11.5 Å². The number of rotatable bonds is 9. The highest BCUT2D eigenvalue weighted by Gasteiger charge is 2.07. The van der Waals surface area contributed by atoms with Gasteiger partial charge in [0.25, 0.3) is 0 Å². The monoisotopic (exact) mass is 503 g/mol. The van der Waals surface area contributed by atoms with E-state index < -0.39 is 10.8 Å². The van der Waals surface area contributed by atoms with Crippen molar-refractivity contribution in [2.45, 2.75) is 18.7 Å². The van der Waals surface area contributed by atoms with Gasteiger partial charge >= 0.3 is 0 Å². The van der Waals surface area contributed by atoms with Crippen LogP contribution in [0.5, 0.6) is 11.5 Å². The molecule has 3 N–H and O–H groups in total. The van der Waals surface area contributed by atoms with Crippen LogP contribution in [-0.4, -0.2) is 35.7 Å². The molecular formula is C19H26IN3O3S. The van der Waals surface area contributed by atoms with Gasteiger partial charge in [0.05, 0.1) is 36.2 Å². The number of nitrogens with two attached hydrogens (primary N) is 1. The molecule has 0 aliphatic rings. The zero-order chi connectivity index (χ0) is 18.8. The minimum atomic E-state index is -1.10. The molecule has 0 bridgehead atoms. The van der Waals surface area contributed by atoms with Crippen molar-refractivity contribution in [1.29, 1.82) is 0 Å². The molecule has 0 radical (unpaired) electrons. The highest BCUT2D eigenvalue weighted by molar-refractivity contribution is 14.0. The van der Waals surface area contributed by atoms with Crippen molar-refractivity contribution in [2.75, 3.05) is 30.8 Å². The Labute approximate surface area is 180 Å². The van der Waals surface area contributed by atoms with Gasteiger partial charge in [0, 0.05) is 16.7 Å². The summed E-state index contributed by atoms with van der Waals surface area (Å²) in [5, 5.41) is 3.03. The van der Waals surface area contributed by atoms with Crippen molar-refractivity contribution >= 4 is 46.4 Å². The van der Waals surface area contributed by atoms with E-state index in [2.05, 4.69) is 10.3 Å². The number of benzene rings is 2. The second-order valence-electron chi connectivity index (χ2n) is 5.28. The summed E-state index contributed by atoms with van der Waals surface area (Å²) in [6.07, 6.45) is 0. The predicted octanol–water partition coefficient (Wildman–Crippen LogP) is 3.64. The van der Waals surface area contributed by atoms with Gasteiger partial charge in [0.1, 0.15) is 11.5 Å². The molecule has 0 amide bonds. The second kappa shape index (κ2) is 12.6. The van der Waals surface area contributed by atoms with Gasteiger partial charge in [-0.3, -0.25) is 9.20 Å². The quantitative estimate of drug-likeness (QED) is 0.310. The standard InChI is InChI=1S/C19H25N3O3S.HI/c1-3-24-15-10-11-18(25-4-2)17(14-15)22-19(20)21-12-13-26(23)16-8-6-5-7-9-16;/h5-11,14H,3-4,12-13H2,1-2H3,(H3,20,21,22);1H. The average Bonchev–Trinajstić information content (AvgIpc) is 2.65. The summed E-state index contributed by atoms with van der Waals surface area (Å²) in [5.41, 5.74) is 6.65. The number of nitrogens with zero attached hydrogens (tertiary/aromatic N) is 1. The number of anilines is 1. The third-order valence-electron chi connectivity index (χ3n) is 3.39. The zero-order valence-electron chi connectivity index (χ0n) is 15.5. The first kappa shape index (κ1) is 23.2. The molecule has 0 aromatic heterocycles. The molecule has 148 valence electrons. The molecule has 1 unspecified atom stereocenters. The molecule has 0 spiro atoms. The van der Waals surface area contributed by atoms with Crippen molar-refractivity contribution in [2.24, 2.45) is 10.7 Å². The average molecular weight is 503 g/mol. The van der Waals surface area contributed by atoms with Crippen LogP contribution in [0.1, 0.15) is 13.8 Å².